The monoisotopic (exact) mass is 346 g/mol. The van der Waals surface area contributed by atoms with E-state index in [4.69, 9.17) is 0 Å². The highest BCUT2D eigenvalue weighted by atomic mass is 16.3. The van der Waals surface area contributed by atoms with Crippen molar-refractivity contribution in [2.45, 2.75) is 31.5 Å². The number of carbonyl (C=O) groups is 2. The van der Waals surface area contributed by atoms with Gasteiger partial charge in [0.1, 0.15) is 0 Å². The smallest absolute Gasteiger partial charge is 0.256 e. The lowest BCUT2D eigenvalue weighted by Crippen LogP contribution is -2.48. The molecule has 2 atom stereocenters. The maximum Gasteiger partial charge on any atom is 0.256 e. The number of hydrogen-bond donors (Lipinski definition) is 3. The molecule has 2 aliphatic rings. The zero-order valence-corrected chi connectivity index (χ0v) is 13.8. The van der Waals surface area contributed by atoms with E-state index >= 15 is 0 Å². The number of benzene rings is 1. The molecule has 0 aliphatic carbocycles. The second kappa shape index (κ2) is 7.62. The van der Waals surface area contributed by atoms with Gasteiger partial charge in [0, 0.05) is 38.0 Å². The summed E-state index contributed by atoms with van der Waals surface area (Å²) in [7, 11) is 0. The molecule has 8 heteroatoms. The van der Waals surface area contributed by atoms with Crippen molar-refractivity contribution in [3.8, 4) is 0 Å². The molecule has 0 saturated carbocycles. The Bertz CT molecular complexity index is 655. The van der Waals surface area contributed by atoms with Gasteiger partial charge in [0.05, 0.1) is 5.69 Å². The zero-order chi connectivity index (χ0) is 17.8. The van der Waals surface area contributed by atoms with Gasteiger partial charge in [0.2, 0.25) is 0 Å². The van der Waals surface area contributed by atoms with E-state index in [0.717, 1.165) is 31.5 Å². The van der Waals surface area contributed by atoms with Crippen molar-refractivity contribution in [2.75, 3.05) is 30.0 Å². The fraction of sp³-hybridized carbons (Fsp3) is 0.471. The number of anilines is 2. The molecule has 2 aliphatic heterocycles. The van der Waals surface area contributed by atoms with Crippen LogP contribution in [0.5, 0.6) is 0 Å². The van der Waals surface area contributed by atoms with Crippen molar-refractivity contribution in [3.63, 3.8) is 0 Å². The van der Waals surface area contributed by atoms with Gasteiger partial charge in [-0.25, -0.2) is 0 Å². The van der Waals surface area contributed by atoms with Gasteiger partial charge in [0.15, 0.2) is 12.2 Å². The van der Waals surface area contributed by atoms with Crippen molar-refractivity contribution in [2.24, 2.45) is 5.10 Å². The molecule has 25 heavy (non-hydrogen) atoms. The summed E-state index contributed by atoms with van der Waals surface area (Å²) in [6.45, 7) is 1.91. The molecule has 0 bridgehead atoms. The molecular formula is C17H22N4O4. The molecule has 8 nitrogen and oxygen atoms in total. The number of rotatable bonds is 5. The minimum Gasteiger partial charge on any atom is -0.380 e. The molecule has 134 valence electrons. The van der Waals surface area contributed by atoms with E-state index in [1.807, 2.05) is 11.2 Å². The maximum atomic E-state index is 12.1. The zero-order valence-electron chi connectivity index (χ0n) is 13.8. The van der Waals surface area contributed by atoms with Gasteiger partial charge in [-0.15, -0.1) is 0 Å². The number of aliphatic hydroxyl groups excluding tert-OH is 2. The number of nitrogens with one attached hydrogen (secondary N) is 1. The molecule has 2 heterocycles. The highest BCUT2D eigenvalue weighted by molar-refractivity contribution is 5.98. The molecule has 3 rings (SSSR count). The van der Waals surface area contributed by atoms with Crippen molar-refractivity contribution in [1.82, 2.24) is 4.90 Å². The summed E-state index contributed by atoms with van der Waals surface area (Å²) in [5, 5.41) is 28.5. The van der Waals surface area contributed by atoms with Crippen LogP contribution in [0.15, 0.2) is 29.4 Å². The summed E-state index contributed by atoms with van der Waals surface area (Å²) in [6, 6.07) is 6.97. The van der Waals surface area contributed by atoms with Crippen molar-refractivity contribution < 1.29 is 19.8 Å². The Morgan fingerprint density at radius 1 is 1.04 bits per heavy atom. The van der Waals surface area contributed by atoms with Gasteiger partial charge in [-0.2, -0.15) is 5.10 Å². The highest BCUT2D eigenvalue weighted by Crippen LogP contribution is 2.20. The minimum absolute atomic E-state index is 0.469. The summed E-state index contributed by atoms with van der Waals surface area (Å²) in [4.78, 5) is 25.6. The number of hydrazone groups is 1. The van der Waals surface area contributed by atoms with Crippen LogP contribution < -0.4 is 10.3 Å². The molecule has 3 N–H and O–H groups in total. The summed E-state index contributed by atoms with van der Waals surface area (Å²) in [5.74, 6) is -1.42. The average molecular weight is 346 g/mol. The average Bonchev–Trinajstić information content (AvgIpc) is 3.34. The van der Waals surface area contributed by atoms with E-state index in [1.165, 1.54) is 4.90 Å². The molecule has 0 radical (unpaired) electrons. The SMILES string of the molecule is O=C(Nc1ccc(N2CCC=N2)cc1)[C@H](O)[C@@H](O)C(=O)N1CCCC1. The molecule has 0 aromatic heterocycles. The number of carbonyl (C=O) groups excluding carboxylic acids is 2. The lowest BCUT2D eigenvalue weighted by atomic mass is 10.1. The molecule has 1 fully saturated rings. The largest absolute Gasteiger partial charge is 0.380 e. The summed E-state index contributed by atoms with van der Waals surface area (Å²) >= 11 is 0. The quantitative estimate of drug-likeness (QED) is 0.705. The second-order valence-electron chi connectivity index (χ2n) is 6.17. The predicted molar refractivity (Wildman–Crippen MR) is 93.4 cm³/mol. The van der Waals surface area contributed by atoms with Crippen LogP contribution in [-0.2, 0) is 9.59 Å². The van der Waals surface area contributed by atoms with Gasteiger partial charge in [0.25, 0.3) is 11.8 Å². The van der Waals surface area contributed by atoms with E-state index in [0.29, 0.717) is 18.8 Å². The van der Waals surface area contributed by atoms with E-state index in [-0.39, 0.29) is 0 Å². The number of likely N-dealkylation sites (tertiary alicyclic amines) is 1. The van der Waals surface area contributed by atoms with Crippen molar-refractivity contribution in [1.29, 1.82) is 0 Å². The second-order valence-corrected chi connectivity index (χ2v) is 6.17. The van der Waals surface area contributed by atoms with E-state index in [9.17, 15) is 19.8 Å². The molecular weight excluding hydrogens is 324 g/mol. The number of nitrogens with zero attached hydrogens (tertiary/aromatic N) is 3. The normalized spacial score (nSPS) is 19.1. The van der Waals surface area contributed by atoms with Crippen LogP contribution in [0.4, 0.5) is 11.4 Å². The van der Waals surface area contributed by atoms with Gasteiger partial charge < -0.3 is 20.4 Å². The fourth-order valence-corrected chi connectivity index (χ4v) is 2.93. The van der Waals surface area contributed by atoms with Crippen LogP contribution in [0.2, 0.25) is 0 Å². The Morgan fingerprint density at radius 2 is 1.72 bits per heavy atom. The van der Waals surface area contributed by atoms with Crippen LogP contribution in [0.25, 0.3) is 0 Å². The molecule has 1 saturated heterocycles. The minimum atomic E-state index is -1.81. The van der Waals surface area contributed by atoms with Crippen LogP contribution in [0.3, 0.4) is 0 Å². The first-order valence-electron chi connectivity index (χ1n) is 8.42. The van der Waals surface area contributed by atoms with Crippen molar-refractivity contribution >= 4 is 29.4 Å². The topological polar surface area (TPSA) is 105 Å². The van der Waals surface area contributed by atoms with Gasteiger partial charge >= 0.3 is 0 Å². The third-order valence-electron chi connectivity index (χ3n) is 4.36. The number of hydrogen-bond acceptors (Lipinski definition) is 6. The molecule has 0 unspecified atom stereocenters. The summed E-state index contributed by atoms with van der Waals surface area (Å²) in [5.41, 5.74) is 1.37. The highest BCUT2D eigenvalue weighted by Gasteiger charge is 2.34. The Kier molecular flexibility index (Phi) is 5.30. The van der Waals surface area contributed by atoms with Gasteiger partial charge in [-0.1, -0.05) is 0 Å². The first-order chi connectivity index (χ1) is 12.1. The predicted octanol–water partition coefficient (Wildman–Crippen LogP) is 0.165. The first-order valence-corrected chi connectivity index (χ1v) is 8.42. The van der Waals surface area contributed by atoms with Gasteiger partial charge in [-0.3, -0.25) is 14.6 Å². The van der Waals surface area contributed by atoms with E-state index < -0.39 is 24.0 Å². The standard InChI is InChI=1S/C17H22N4O4/c22-14(15(23)17(25)20-9-1-2-10-20)16(24)19-12-4-6-13(7-5-12)21-11-3-8-18-21/h4-8,14-15,22-23H,1-3,9-11H2,(H,19,24)/t14-,15-/m1/s1. The third kappa shape index (κ3) is 3.97. The molecule has 1 aromatic carbocycles. The lowest BCUT2D eigenvalue weighted by molar-refractivity contribution is -0.150. The Morgan fingerprint density at radius 3 is 2.32 bits per heavy atom. The number of amides is 2. The van der Waals surface area contributed by atoms with Gasteiger partial charge in [-0.05, 0) is 37.1 Å². The van der Waals surface area contributed by atoms with Crippen LogP contribution in [0, 0.1) is 0 Å². The van der Waals surface area contributed by atoms with Crippen LogP contribution in [0.1, 0.15) is 19.3 Å². The van der Waals surface area contributed by atoms with E-state index in [2.05, 4.69) is 10.4 Å². The number of aliphatic hydroxyl groups is 2. The first kappa shape index (κ1) is 17.4. The Balaban J connectivity index is 1.57. The Labute approximate surface area is 145 Å². The fourth-order valence-electron chi connectivity index (χ4n) is 2.93. The Hall–Kier alpha value is -2.45. The lowest BCUT2D eigenvalue weighted by Gasteiger charge is -2.22. The van der Waals surface area contributed by atoms with Crippen LogP contribution in [-0.4, -0.2) is 65.0 Å². The maximum absolute atomic E-state index is 12.1. The van der Waals surface area contributed by atoms with E-state index in [1.54, 1.807) is 24.3 Å². The van der Waals surface area contributed by atoms with Crippen LogP contribution >= 0.6 is 0 Å². The summed E-state index contributed by atoms with van der Waals surface area (Å²) in [6.07, 6.45) is 0.910. The summed E-state index contributed by atoms with van der Waals surface area (Å²) < 4.78 is 0. The molecule has 0 spiro atoms. The molecule has 1 aromatic rings. The molecule has 2 amide bonds. The van der Waals surface area contributed by atoms with Crippen molar-refractivity contribution in [3.05, 3.63) is 24.3 Å². The third-order valence-corrected chi connectivity index (χ3v) is 4.36.